The van der Waals surface area contributed by atoms with E-state index in [0.717, 1.165) is 45.1 Å². The van der Waals surface area contributed by atoms with Crippen molar-refractivity contribution in [2.75, 3.05) is 32.7 Å². The summed E-state index contributed by atoms with van der Waals surface area (Å²) < 4.78 is 0. The molecule has 2 rings (SSSR count). The summed E-state index contributed by atoms with van der Waals surface area (Å²) in [6.45, 7) is 6.52. The number of rotatable bonds is 5. The molecule has 1 saturated heterocycles. The van der Waals surface area contributed by atoms with E-state index in [4.69, 9.17) is 5.73 Å². The minimum absolute atomic E-state index is 0.0486. The van der Waals surface area contributed by atoms with Crippen molar-refractivity contribution in [1.82, 2.24) is 9.80 Å². The third-order valence-corrected chi connectivity index (χ3v) is 3.96. The molecule has 0 aromatic heterocycles. The Morgan fingerprint density at radius 1 is 1.29 bits per heavy atom. The van der Waals surface area contributed by atoms with E-state index < -0.39 is 0 Å². The van der Waals surface area contributed by atoms with E-state index in [1.165, 1.54) is 12.8 Å². The van der Waals surface area contributed by atoms with Gasteiger partial charge in [0.1, 0.15) is 0 Å². The Morgan fingerprint density at radius 2 is 1.94 bits per heavy atom. The maximum absolute atomic E-state index is 12.2. The Hall–Kier alpha value is -0.610. The Balaban J connectivity index is 1.79. The summed E-state index contributed by atoms with van der Waals surface area (Å²) >= 11 is 0. The lowest BCUT2D eigenvalue weighted by Gasteiger charge is -2.36. The van der Waals surface area contributed by atoms with Gasteiger partial charge < -0.3 is 10.6 Å². The molecule has 98 valence electrons. The summed E-state index contributed by atoms with van der Waals surface area (Å²) in [4.78, 5) is 16.8. The summed E-state index contributed by atoms with van der Waals surface area (Å²) in [6.07, 6.45) is 4.68. The van der Waals surface area contributed by atoms with E-state index in [2.05, 4.69) is 11.8 Å². The monoisotopic (exact) mass is 239 g/mol. The summed E-state index contributed by atoms with van der Waals surface area (Å²) in [5.74, 6) is 0.331. The number of piperazine rings is 1. The Labute approximate surface area is 104 Å². The van der Waals surface area contributed by atoms with Gasteiger partial charge in [-0.1, -0.05) is 13.3 Å². The van der Waals surface area contributed by atoms with E-state index in [9.17, 15) is 4.79 Å². The predicted molar refractivity (Wildman–Crippen MR) is 68.6 cm³/mol. The smallest absolute Gasteiger partial charge is 0.227 e. The first-order valence-corrected chi connectivity index (χ1v) is 6.99. The van der Waals surface area contributed by atoms with Gasteiger partial charge in [-0.05, 0) is 19.3 Å². The number of nitrogens with two attached hydrogens (primary N) is 1. The van der Waals surface area contributed by atoms with Gasteiger partial charge in [0.15, 0.2) is 0 Å². The van der Waals surface area contributed by atoms with E-state index >= 15 is 0 Å². The number of hydrogen-bond acceptors (Lipinski definition) is 3. The number of carbonyl (C=O) groups excluding carboxylic acids is 1. The molecular weight excluding hydrogens is 214 g/mol. The second-order valence-electron chi connectivity index (χ2n) is 5.31. The van der Waals surface area contributed by atoms with Crippen LogP contribution in [-0.2, 0) is 4.79 Å². The van der Waals surface area contributed by atoms with Gasteiger partial charge in [0.05, 0.1) is 5.92 Å². The van der Waals surface area contributed by atoms with Crippen LogP contribution in [0.25, 0.3) is 0 Å². The molecule has 1 heterocycles. The molecular formula is C13H25N3O. The van der Waals surface area contributed by atoms with Gasteiger partial charge in [-0.3, -0.25) is 9.69 Å². The van der Waals surface area contributed by atoms with Crippen LogP contribution >= 0.6 is 0 Å². The molecule has 1 amide bonds. The number of carbonyl (C=O) groups is 1. The lowest BCUT2D eigenvalue weighted by molar-refractivity contribution is -0.137. The maximum Gasteiger partial charge on any atom is 0.227 e. The van der Waals surface area contributed by atoms with Crippen LogP contribution in [0, 0.1) is 5.92 Å². The highest BCUT2D eigenvalue weighted by atomic mass is 16.2. The molecule has 1 unspecified atom stereocenters. The van der Waals surface area contributed by atoms with Crippen molar-refractivity contribution < 1.29 is 4.79 Å². The summed E-state index contributed by atoms with van der Waals surface area (Å²) in [5, 5.41) is 0. The van der Waals surface area contributed by atoms with Gasteiger partial charge in [-0.15, -0.1) is 0 Å². The number of hydrogen-bond donors (Lipinski definition) is 1. The molecule has 2 aliphatic rings. The Kier molecular flexibility index (Phi) is 4.40. The van der Waals surface area contributed by atoms with E-state index in [-0.39, 0.29) is 11.8 Å². The average molecular weight is 239 g/mol. The SMILES string of the molecule is CCCC(CN)C(=O)N1CCN(C2CC2)CC1. The van der Waals surface area contributed by atoms with Crippen molar-refractivity contribution in [2.24, 2.45) is 11.7 Å². The summed E-state index contributed by atoms with van der Waals surface area (Å²) in [7, 11) is 0. The van der Waals surface area contributed by atoms with E-state index in [1.807, 2.05) is 4.90 Å². The maximum atomic E-state index is 12.2. The minimum Gasteiger partial charge on any atom is -0.340 e. The second-order valence-corrected chi connectivity index (χ2v) is 5.31. The van der Waals surface area contributed by atoms with Crippen LogP contribution in [-0.4, -0.2) is 54.5 Å². The third kappa shape index (κ3) is 3.19. The normalized spacial score (nSPS) is 23.8. The van der Waals surface area contributed by atoms with E-state index in [1.54, 1.807) is 0 Å². The standard InChI is InChI=1S/C13H25N3O/c1-2-3-11(10-14)13(17)16-8-6-15(7-9-16)12-4-5-12/h11-12H,2-10,14H2,1H3. The topological polar surface area (TPSA) is 49.6 Å². The lowest BCUT2D eigenvalue weighted by Crippen LogP contribution is -2.51. The highest BCUT2D eigenvalue weighted by molar-refractivity contribution is 5.79. The fourth-order valence-corrected chi connectivity index (χ4v) is 2.70. The third-order valence-electron chi connectivity index (χ3n) is 3.96. The molecule has 0 bridgehead atoms. The van der Waals surface area contributed by atoms with Gasteiger partial charge >= 0.3 is 0 Å². The van der Waals surface area contributed by atoms with Crippen molar-refractivity contribution in [3.63, 3.8) is 0 Å². The molecule has 0 spiro atoms. The van der Waals surface area contributed by atoms with Crippen LogP contribution in [0.1, 0.15) is 32.6 Å². The summed E-state index contributed by atoms with van der Waals surface area (Å²) in [6, 6.07) is 0.827. The zero-order chi connectivity index (χ0) is 12.3. The van der Waals surface area contributed by atoms with Crippen molar-refractivity contribution in [1.29, 1.82) is 0 Å². The fraction of sp³-hybridized carbons (Fsp3) is 0.923. The van der Waals surface area contributed by atoms with Gasteiger partial charge in [0, 0.05) is 38.8 Å². The van der Waals surface area contributed by atoms with Crippen LogP contribution in [0.2, 0.25) is 0 Å². The molecule has 1 atom stereocenters. The zero-order valence-corrected chi connectivity index (χ0v) is 10.9. The van der Waals surface area contributed by atoms with Gasteiger partial charge in [-0.2, -0.15) is 0 Å². The minimum atomic E-state index is 0.0486. The van der Waals surface area contributed by atoms with Crippen LogP contribution in [0.15, 0.2) is 0 Å². The first-order chi connectivity index (χ1) is 8.26. The fourth-order valence-electron chi connectivity index (χ4n) is 2.70. The number of amides is 1. The number of nitrogens with zero attached hydrogens (tertiary/aromatic N) is 2. The van der Waals surface area contributed by atoms with Gasteiger partial charge in [0.2, 0.25) is 5.91 Å². The first kappa shape index (κ1) is 12.8. The quantitative estimate of drug-likeness (QED) is 0.767. The van der Waals surface area contributed by atoms with Gasteiger partial charge in [0.25, 0.3) is 0 Å². The molecule has 0 radical (unpaired) electrons. The molecule has 2 fully saturated rings. The molecule has 2 N–H and O–H groups in total. The lowest BCUT2D eigenvalue weighted by atomic mass is 10.0. The van der Waals surface area contributed by atoms with Crippen LogP contribution in [0.5, 0.6) is 0 Å². The highest BCUT2D eigenvalue weighted by Gasteiger charge is 2.33. The van der Waals surface area contributed by atoms with Crippen LogP contribution in [0.3, 0.4) is 0 Å². The average Bonchev–Trinajstić information content (AvgIpc) is 3.19. The molecule has 1 aliphatic carbocycles. The van der Waals surface area contributed by atoms with Crippen molar-refractivity contribution in [3.8, 4) is 0 Å². The summed E-state index contributed by atoms with van der Waals surface area (Å²) in [5.41, 5.74) is 5.69. The van der Waals surface area contributed by atoms with Crippen molar-refractivity contribution in [2.45, 2.75) is 38.6 Å². The van der Waals surface area contributed by atoms with Crippen LogP contribution in [0.4, 0.5) is 0 Å². The van der Waals surface area contributed by atoms with E-state index in [0.29, 0.717) is 6.54 Å². The van der Waals surface area contributed by atoms with Gasteiger partial charge in [-0.25, -0.2) is 0 Å². The Morgan fingerprint density at radius 3 is 2.41 bits per heavy atom. The molecule has 4 heteroatoms. The van der Waals surface area contributed by atoms with Crippen molar-refractivity contribution in [3.05, 3.63) is 0 Å². The first-order valence-electron chi connectivity index (χ1n) is 6.99. The molecule has 4 nitrogen and oxygen atoms in total. The predicted octanol–water partition coefficient (Wildman–Crippen LogP) is 0.668. The molecule has 0 aromatic carbocycles. The molecule has 0 aromatic rings. The van der Waals surface area contributed by atoms with Crippen molar-refractivity contribution >= 4 is 5.91 Å². The second kappa shape index (κ2) is 5.83. The van der Waals surface area contributed by atoms with Crippen LogP contribution < -0.4 is 5.73 Å². The largest absolute Gasteiger partial charge is 0.340 e. The molecule has 1 aliphatic heterocycles. The molecule has 1 saturated carbocycles. The highest BCUT2D eigenvalue weighted by Crippen LogP contribution is 2.27. The Bertz CT molecular complexity index is 257. The zero-order valence-electron chi connectivity index (χ0n) is 10.9. The molecule has 17 heavy (non-hydrogen) atoms.